The number of halogens is 4. The molecule has 1 saturated heterocycles. The summed E-state index contributed by atoms with van der Waals surface area (Å²) in [5.41, 5.74) is -1.51. The van der Waals surface area contributed by atoms with Gasteiger partial charge in [-0.1, -0.05) is 0 Å². The molecule has 36 heavy (non-hydrogen) atoms. The first-order valence-corrected chi connectivity index (χ1v) is 13.1. The zero-order valence-electron chi connectivity index (χ0n) is 19.4. The number of aromatic nitrogens is 1. The summed E-state index contributed by atoms with van der Waals surface area (Å²) in [6.07, 6.45) is -1.56. The van der Waals surface area contributed by atoms with Crippen LogP contribution in [0.2, 0.25) is 0 Å². The average Bonchev–Trinajstić information content (AvgIpc) is 3.61. The highest BCUT2D eigenvalue weighted by Gasteiger charge is 2.43. The monoisotopic (exact) mass is 531 g/mol. The highest BCUT2D eigenvalue weighted by Crippen LogP contribution is 2.45. The van der Waals surface area contributed by atoms with Crippen molar-refractivity contribution < 1.29 is 40.6 Å². The lowest BCUT2D eigenvalue weighted by molar-refractivity contribution is -0.138. The van der Waals surface area contributed by atoms with Crippen molar-refractivity contribution >= 4 is 21.6 Å². The van der Waals surface area contributed by atoms with Crippen molar-refractivity contribution in [2.24, 2.45) is 5.41 Å². The number of hydrogen-bond acceptors (Lipinski definition) is 7. The number of benzene rings is 1. The van der Waals surface area contributed by atoms with E-state index in [1.165, 1.54) is 28.0 Å². The molecule has 0 radical (unpaired) electrons. The van der Waals surface area contributed by atoms with Gasteiger partial charge in [-0.15, -0.1) is 0 Å². The number of piperazine rings is 1. The zero-order chi connectivity index (χ0) is 26.3. The van der Waals surface area contributed by atoms with Gasteiger partial charge in [-0.05, 0) is 37.1 Å². The molecule has 2 heterocycles. The van der Waals surface area contributed by atoms with Gasteiger partial charge in [-0.25, -0.2) is 17.8 Å². The van der Waals surface area contributed by atoms with Crippen LogP contribution in [-0.4, -0.2) is 75.0 Å². The summed E-state index contributed by atoms with van der Waals surface area (Å²) in [5.74, 6) is -1.66. The maximum absolute atomic E-state index is 14.3. The van der Waals surface area contributed by atoms with E-state index in [9.17, 15) is 35.9 Å². The molecule has 0 unspecified atom stereocenters. The molecule has 1 aliphatic heterocycles. The number of pyridine rings is 1. The molecule has 2 aliphatic rings. The number of rotatable bonds is 7. The molecule has 1 N–H and O–H groups in total. The fourth-order valence-electron chi connectivity index (χ4n) is 3.90. The fourth-order valence-corrected chi connectivity index (χ4v) is 4.55. The lowest BCUT2D eigenvalue weighted by atomic mass is 10.1. The van der Waals surface area contributed by atoms with Crippen LogP contribution < -0.4 is 9.64 Å². The van der Waals surface area contributed by atoms with Crippen LogP contribution in [0.3, 0.4) is 0 Å². The number of nitrogens with zero attached hydrogens (tertiary/aromatic N) is 3. The molecular weight excluding hydrogens is 506 g/mol. The van der Waals surface area contributed by atoms with Crippen LogP contribution in [0.25, 0.3) is 0 Å². The minimum absolute atomic E-state index is 0.0407. The number of carbonyl (C=O) groups excluding carboxylic acids is 1. The van der Waals surface area contributed by atoms with Gasteiger partial charge in [0.1, 0.15) is 5.75 Å². The molecule has 1 saturated carbocycles. The molecule has 1 amide bonds. The fraction of sp³-hybridized carbons (Fsp3) is 0.478. The number of carbonyl (C=O) groups is 1. The molecule has 2 aromatic rings. The number of aliphatic hydroxyl groups is 1. The predicted molar refractivity (Wildman–Crippen MR) is 121 cm³/mol. The van der Waals surface area contributed by atoms with E-state index in [0.717, 1.165) is 19.1 Å². The first-order valence-electron chi connectivity index (χ1n) is 11.2. The van der Waals surface area contributed by atoms with Gasteiger partial charge in [0.25, 0.3) is 5.91 Å². The largest absolute Gasteiger partial charge is 0.492 e. The van der Waals surface area contributed by atoms with E-state index in [1.54, 1.807) is 0 Å². The number of aliphatic hydroxyl groups excluding tert-OH is 1. The highest BCUT2D eigenvalue weighted by molar-refractivity contribution is 7.90. The summed E-state index contributed by atoms with van der Waals surface area (Å²) >= 11 is 0. The van der Waals surface area contributed by atoms with Crippen molar-refractivity contribution in [1.29, 1.82) is 0 Å². The number of alkyl halides is 3. The molecule has 0 spiro atoms. The van der Waals surface area contributed by atoms with Gasteiger partial charge in [-0.2, -0.15) is 13.2 Å². The Morgan fingerprint density at radius 2 is 1.83 bits per heavy atom. The van der Waals surface area contributed by atoms with Crippen molar-refractivity contribution in [3.8, 4) is 5.75 Å². The van der Waals surface area contributed by atoms with Crippen molar-refractivity contribution in [2.75, 3.05) is 50.5 Å². The van der Waals surface area contributed by atoms with Crippen LogP contribution in [0.1, 0.15) is 28.8 Å². The highest BCUT2D eigenvalue weighted by atomic mass is 32.2. The summed E-state index contributed by atoms with van der Waals surface area (Å²) < 4.78 is 82.7. The number of amides is 1. The second kappa shape index (κ2) is 9.51. The lowest BCUT2D eigenvalue weighted by Gasteiger charge is -2.35. The summed E-state index contributed by atoms with van der Waals surface area (Å²) in [6, 6.07) is 4.39. The van der Waals surface area contributed by atoms with E-state index in [0.29, 0.717) is 12.3 Å². The third-order valence-electron chi connectivity index (χ3n) is 6.45. The first kappa shape index (κ1) is 26.1. The van der Waals surface area contributed by atoms with Gasteiger partial charge >= 0.3 is 6.18 Å². The standard InChI is InChI=1S/C23H25F4N3O5S/c1-36(33,34)16-2-3-19(35-14-22(13-31)4-5-22)17(11-16)21(32)30-8-6-29(7-9-30)20-18(24)10-15(12-28-20)23(25,26)27/h2-3,10-12,31H,4-9,13-14H2,1H3. The molecule has 0 bridgehead atoms. The molecule has 196 valence electrons. The van der Waals surface area contributed by atoms with Crippen LogP contribution in [0.5, 0.6) is 5.75 Å². The molecule has 1 aliphatic carbocycles. The summed E-state index contributed by atoms with van der Waals surface area (Å²) in [5, 5.41) is 9.53. The zero-order valence-corrected chi connectivity index (χ0v) is 20.2. The Morgan fingerprint density at radius 1 is 1.17 bits per heavy atom. The van der Waals surface area contributed by atoms with Crippen LogP contribution in [0, 0.1) is 11.2 Å². The Bertz CT molecular complexity index is 1260. The Hall–Kier alpha value is -2.93. The average molecular weight is 532 g/mol. The minimum atomic E-state index is -4.71. The second-order valence-corrected chi connectivity index (χ2v) is 11.2. The maximum Gasteiger partial charge on any atom is 0.417 e. The quantitative estimate of drug-likeness (QED) is 0.549. The summed E-state index contributed by atoms with van der Waals surface area (Å²) in [7, 11) is -3.61. The van der Waals surface area contributed by atoms with E-state index in [4.69, 9.17) is 4.74 Å². The Morgan fingerprint density at radius 3 is 2.36 bits per heavy atom. The van der Waals surface area contributed by atoms with Gasteiger partial charge in [0.15, 0.2) is 21.5 Å². The molecule has 8 nitrogen and oxygen atoms in total. The van der Waals surface area contributed by atoms with E-state index < -0.39 is 33.3 Å². The summed E-state index contributed by atoms with van der Waals surface area (Å²) in [6.45, 7) is 0.532. The van der Waals surface area contributed by atoms with Crippen LogP contribution >= 0.6 is 0 Å². The third-order valence-corrected chi connectivity index (χ3v) is 7.56. The predicted octanol–water partition coefficient (Wildman–Crippen LogP) is 2.76. The van der Waals surface area contributed by atoms with Gasteiger partial charge in [-0.3, -0.25) is 4.79 Å². The van der Waals surface area contributed by atoms with Crippen LogP contribution in [0.4, 0.5) is 23.4 Å². The molecule has 0 atom stereocenters. The van der Waals surface area contributed by atoms with Gasteiger partial charge in [0.05, 0.1) is 29.2 Å². The normalized spacial score (nSPS) is 17.7. The maximum atomic E-state index is 14.3. The van der Waals surface area contributed by atoms with Crippen molar-refractivity contribution in [2.45, 2.75) is 23.9 Å². The lowest BCUT2D eigenvalue weighted by Crippen LogP contribution is -2.49. The number of anilines is 1. The SMILES string of the molecule is CS(=O)(=O)c1ccc(OCC2(CO)CC2)c(C(=O)N2CCN(c3ncc(C(F)(F)F)cc3F)CC2)c1. The molecule has 1 aromatic heterocycles. The molecule has 1 aromatic carbocycles. The van der Waals surface area contributed by atoms with Crippen molar-refractivity contribution in [3.63, 3.8) is 0 Å². The Labute approximate surface area is 205 Å². The van der Waals surface area contributed by atoms with Crippen LogP contribution in [0.15, 0.2) is 35.4 Å². The van der Waals surface area contributed by atoms with E-state index in [2.05, 4.69) is 4.98 Å². The Balaban J connectivity index is 1.50. The van der Waals surface area contributed by atoms with E-state index in [1.807, 2.05) is 0 Å². The van der Waals surface area contributed by atoms with Crippen molar-refractivity contribution in [3.05, 3.63) is 47.4 Å². The topological polar surface area (TPSA) is 100 Å². The smallest absolute Gasteiger partial charge is 0.417 e. The molecule has 2 fully saturated rings. The Kier molecular flexibility index (Phi) is 6.90. The van der Waals surface area contributed by atoms with Crippen molar-refractivity contribution in [1.82, 2.24) is 9.88 Å². The first-order chi connectivity index (χ1) is 16.8. The van der Waals surface area contributed by atoms with Gasteiger partial charge in [0.2, 0.25) is 0 Å². The third kappa shape index (κ3) is 5.56. The van der Waals surface area contributed by atoms with Gasteiger partial charge in [0, 0.05) is 44.0 Å². The van der Waals surface area contributed by atoms with E-state index >= 15 is 0 Å². The minimum Gasteiger partial charge on any atom is -0.492 e. The molecule has 13 heteroatoms. The second-order valence-electron chi connectivity index (χ2n) is 9.18. The molecular formula is C23H25F4N3O5S. The number of hydrogen-bond donors (Lipinski definition) is 1. The molecule has 4 rings (SSSR count). The van der Waals surface area contributed by atoms with E-state index in [-0.39, 0.29) is 66.8 Å². The van der Waals surface area contributed by atoms with Crippen LogP contribution in [-0.2, 0) is 16.0 Å². The summed E-state index contributed by atoms with van der Waals surface area (Å²) in [4.78, 5) is 19.8. The number of sulfone groups is 1. The van der Waals surface area contributed by atoms with Gasteiger partial charge < -0.3 is 19.6 Å². The number of ether oxygens (including phenoxy) is 1.